The van der Waals surface area contributed by atoms with E-state index in [1.807, 2.05) is 25.1 Å². The van der Waals surface area contributed by atoms with Crippen molar-refractivity contribution in [3.63, 3.8) is 0 Å². The number of nitrogen functional groups attached to an aromatic ring is 1. The van der Waals surface area contributed by atoms with Gasteiger partial charge in [0.1, 0.15) is 11.6 Å². The van der Waals surface area contributed by atoms with E-state index in [0.717, 1.165) is 22.4 Å². The minimum Gasteiger partial charge on any atom is -0.383 e. The van der Waals surface area contributed by atoms with E-state index < -0.39 is 0 Å². The predicted molar refractivity (Wildman–Crippen MR) is 87.7 cm³/mol. The summed E-state index contributed by atoms with van der Waals surface area (Å²) in [5.74, 6) is 7.87. The normalized spacial score (nSPS) is 12.7. The quantitative estimate of drug-likeness (QED) is 0.484. The van der Waals surface area contributed by atoms with E-state index >= 15 is 0 Å². The van der Waals surface area contributed by atoms with Crippen LogP contribution in [0.4, 0.5) is 11.6 Å². The molecule has 3 aromatic rings. The second-order valence-electron chi connectivity index (χ2n) is 5.11. The lowest BCUT2D eigenvalue weighted by atomic mass is 10.1. The molecule has 0 saturated heterocycles. The van der Waals surface area contributed by atoms with Crippen molar-refractivity contribution in [3.8, 4) is 11.8 Å². The number of aromatic amines is 1. The summed E-state index contributed by atoms with van der Waals surface area (Å²) >= 11 is 0. The van der Waals surface area contributed by atoms with E-state index in [0.29, 0.717) is 22.9 Å². The summed E-state index contributed by atoms with van der Waals surface area (Å²) in [6.45, 7) is 5.71. The number of fused-ring (bicyclic) bond motifs is 2. The van der Waals surface area contributed by atoms with Gasteiger partial charge in [-0.2, -0.15) is 4.98 Å². The van der Waals surface area contributed by atoms with Crippen molar-refractivity contribution in [2.24, 2.45) is 5.10 Å². The molecule has 0 aliphatic carbocycles. The largest absolute Gasteiger partial charge is 0.383 e. The third-order valence-corrected chi connectivity index (χ3v) is 3.48. The topological polar surface area (TPSA) is 95.8 Å². The molecule has 7 nitrogen and oxygen atoms in total. The molecule has 0 atom stereocenters. The molecule has 7 heteroatoms. The second-order valence-corrected chi connectivity index (χ2v) is 5.11. The first kappa shape index (κ1) is 13.2. The highest BCUT2D eigenvalue weighted by molar-refractivity contribution is 6.18. The lowest BCUT2D eigenvalue weighted by Gasteiger charge is -1.93. The molecule has 2 aromatic heterocycles. The second kappa shape index (κ2) is 4.74. The lowest BCUT2D eigenvalue weighted by molar-refractivity contribution is -0.435. The molecular formula is C16H12N7+. The molecular weight excluding hydrogens is 290 g/mol. The van der Waals surface area contributed by atoms with Gasteiger partial charge in [-0.3, -0.25) is 0 Å². The van der Waals surface area contributed by atoms with Gasteiger partial charge in [0, 0.05) is 5.56 Å². The average Bonchev–Trinajstić information content (AvgIpc) is 3.05. The maximum absolute atomic E-state index is 5.90. The first-order valence-electron chi connectivity index (χ1n) is 6.90. The van der Waals surface area contributed by atoms with Crippen molar-refractivity contribution in [3.05, 3.63) is 41.5 Å². The zero-order valence-corrected chi connectivity index (χ0v) is 12.3. The fourth-order valence-corrected chi connectivity index (χ4v) is 2.46. The van der Waals surface area contributed by atoms with Gasteiger partial charge in [-0.25, -0.2) is 4.98 Å². The lowest BCUT2D eigenvalue weighted by Crippen LogP contribution is -2.03. The number of hydrazone groups is 1. The third kappa shape index (κ3) is 2.13. The summed E-state index contributed by atoms with van der Waals surface area (Å²) < 4.78 is 1.40. The van der Waals surface area contributed by atoms with Crippen LogP contribution in [0.25, 0.3) is 11.0 Å². The van der Waals surface area contributed by atoms with Crippen LogP contribution in [0.3, 0.4) is 0 Å². The van der Waals surface area contributed by atoms with Crippen LogP contribution < -0.4 is 5.73 Å². The Labute approximate surface area is 131 Å². The summed E-state index contributed by atoms with van der Waals surface area (Å²) in [6, 6.07) is 5.79. The Kier molecular flexibility index (Phi) is 2.71. The number of aryl methyl sites for hydroxylation is 1. The Morgan fingerprint density at radius 1 is 1.26 bits per heavy atom. The highest BCUT2D eigenvalue weighted by atomic mass is 15.4. The summed E-state index contributed by atoms with van der Waals surface area (Å²) in [6.07, 6.45) is 1.38. The highest BCUT2D eigenvalue weighted by Crippen LogP contribution is 2.26. The van der Waals surface area contributed by atoms with Crippen LogP contribution in [-0.2, 0) is 0 Å². The van der Waals surface area contributed by atoms with Gasteiger partial charge in [0.25, 0.3) is 0 Å². The van der Waals surface area contributed by atoms with Crippen molar-refractivity contribution in [1.82, 2.24) is 19.9 Å². The van der Waals surface area contributed by atoms with Crippen LogP contribution in [0.2, 0.25) is 0 Å². The number of nitrogens with one attached hydrogen (secondary N) is 1. The molecule has 1 aliphatic heterocycles. The zero-order valence-electron chi connectivity index (χ0n) is 12.3. The number of aromatic nitrogens is 4. The van der Waals surface area contributed by atoms with Crippen LogP contribution in [0.5, 0.6) is 0 Å². The zero-order chi connectivity index (χ0) is 16.0. The molecule has 0 spiro atoms. The smallest absolute Gasteiger partial charge is 0.363 e. The van der Waals surface area contributed by atoms with E-state index in [-0.39, 0.29) is 0 Å². The number of anilines is 1. The minimum absolute atomic E-state index is 0.342. The Balaban J connectivity index is 1.76. The van der Waals surface area contributed by atoms with Crippen LogP contribution in [0, 0.1) is 18.8 Å². The molecule has 4 rings (SSSR count). The number of H-pyrrole nitrogens is 1. The monoisotopic (exact) mass is 302 g/mol. The summed E-state index contributed by atoms with van der Waals surface area (Å²) in [5.41, 5.74) is 9.74. The molecule has 0 amide bonds. The molecule has 3 heterocycles. The molecule has 0 bridgehead atoms. The molecule has 0 saturated carbocycles. The van der Waals surface area contributed by atoms with Crippen molar-refractivity contribution >= 4 is 35.1 Å². The summed E-state index contributed by atoms with van der Waals surface area (Å²) in [4.78, 5) is 15.7. The summed E-state index contributed by atoms with van der Waals surface area (Å²) in [7, 11) is 0. The molecule has 110 valence electrons. The Hall–Kier alpha value is -3.53. The van der Waals surface area contributed by atoms with Gasteiger partial charge in [0.05, 0.1) is 17.8 Å². The van der Waals surface area contributed by atoms with Gasteiger partial charge >= 0.3 is 5.82 Å². The maximum Gasteiger partial charge on any atom is 0.363 e. The van der Waals surface area contributed by atoms with Gasteiger partial charge in [0.15, 0.2) is 11.3 Å². The number of nitrogens with zero attached hydrogens (tertiary/aromatic N) is 5. The summed E-state index contributed by atoms with van der Waals surface area (Å²) in [5, 5.41) is 4.26. The van der Waals surface area contributed by atoms with Crippen LogP contribution in [-0.4, -0.2) is 37.0 Å². The SMILES string of the molecule is C=[N+]1N=C(C#Cc2ccc3nc(C)[nH]c3c2)c2c(N)ncnc21. The minimum atomic E-state index is 0.342. The Morgan fingerprint density at radius 3 is 3.00 bits per heavy atom. The Morgan fingerprint density at radius 2 is 2.13 bits per heavy atom. The first-order valence-corrected chi connectivity index (χ1v) is 6.90. The van der Waals surface area contributed by atoms with E-state index in [1.165, 1.54) is 11.0 Å². The number of nitrogens with two attached hydrogens (primary N) is 1. The molecule has 1 aromatic carbocycles. The number of benzene rings is 1. The number of imidazole rings is 1. The highest BCUT2D eigenvalue weighted by Gasteiger charge is 2.30. The van der Waals surface area contributed by atoms with Gasteiger partial charge in [0.2, 0.25) is 6.33 Å². The van der Waals surface area contributed by atoms with Crippen LogP contribution in [0.1, 0.15) is 17.0 Å². The Bertz CT molecular complexity index is 1060. The molecule has 3 N–H and O–H groups in total. The van der Waals surface area contributed by atoms with Crippen LogP contribution in [0.15, 0.2) is 29.6 Å². The third-order valence-electron chi connectivity index (χ3n) is 3.48. The fourth-order valence-electron chi connectivity index (χ4n) is 2.46. The number of hydrogen-bond donors (Lipinski definition) is 2. The van der Waals surface area contributed by atoms with E-state index in [1.54, 1.807) is 0 Å². The number of rotatable bonds is 0. The van der Waals surface area contributed by atoms with Gasteiger partial charge in [-0.1, -0.05) is 11.0 Å². The van der Waals surface area contributed by atoms with Gasteiger partial charge in [-0.15, -0.1) is 4.68 Å². The average molecular weight is 302 g/mol. The van der Waals surface area contributed by atoms with Crippen molar-refractivity contribution < 1.29 is 4.68 Å². The van der Waals surface area contributed by atoms with Crippen molar-refractivity contribution in [2.45, 2.75) is 6.92 Å². The standard InChI is InChI=1S/C16H12N7/c1-9-20-11-5-3-10(7-13(11)21-9)4-6-12-14-15(17)18-8-19-16(14)23(2)22-12/h3,5,7-8H,2H2,1H3,(H,20,21)(H2,17,18,19)/q+1. The van der Waals surface area contributed by atoms with E-state index in [9.17, 15) is 0 Å². The predicted octanol–water partition coefficient (Wildman–Crippen LogP) is 1.36. The molecule has 23 heavy (non-hydrogen) atoms. The fraction of sp³-hybridized carbons (Fsp3) is 0.0625. The van der Waals surface area contributed by atoms with Crippen molar-refractivity contribution in [2.75, 3.05) is 5.73 Å². The molecule has 1 aliphatic rings. The van der Waals surface area contributed by atoms with E-state index in [2.05, 4.69) is 43.6 Å². The molecule has 0 unspecified atom stereocenters. The van der Waals surface area contributed by atoms with Crippen LogP contribution >= 0.6 is 0 Å². The van der Waals surface area contributed by atoms with Crippen molar-refractivity contribution in [1.29, 1.82) is 0 Å². The van der Waals surface area contributed by atoms with E-state index in [4.69, 9.17) is 5.73 Å². The van der Waals surface area contributed by atoms with Gasteiger partial charge < -0.3 is 10.7 Å². The molecule has 0 fully saturated rings. The molecule has 0 radical (unpaired) electrons. The number of hydrogen-bond acceptors (Lipinski definition) is 5. The maximum atomic E-state index is 5.90. The van der Waals surface area contributed by atoms with Gasteiger partial charge in [-0.05, 0) is 36.0 Å². The first-order chi connectivity index (χ1) is 11.1.